The fourth-order valence-corrected chi connectivity index (χ4v) is 3.21. The maximum atomic E-state index is 5.31. The van der Waals surface area contributed by atoms with E-state index in [1.807, 2.05) is 13.1 Å². The van der Waals surface area contributed by atoms with Gasteiger partial charge in [0, 0.05) is 5.54 Å². The van der Waals surface area contributed by atoms with Gasteiger partial charge in [-0.05, 0) is 64.2 Å². The lowest BCUT2D eigenvalue weighted by Gasteiger charge is -2.44. The smallest absolute Gasteiger partial charge is 0.119 e. The van der Waals surface area contributed by atoms with Gasteiger partial charge in [0.05, 0.1) is 13.2 Å². The molecule has 0 saturated carbocycles. The van der Waals surface area contributed by atoms with Gasteiger partial charge in [-0.25, -0.2) is 0 Å². The molecule has 1 unspecified atom stereocenters. The third kappa shape index (κ3) is 3.33. The maximum Gasteiger partial charge on any atom is 0.119 e. The van der Waals surface area contributed by atoms with E-state index in [-0.39, 0.29) is 11.6 Å². The number of methoxy groups -OCH3 is 1. The zero-order chi connectivity index (χ0) is 15.3. The summed E-state index contributed by atoms with van der Waals surface area (Å²) in [6, 6.07) is 6.62. The lowest BCUT2D eigenvalue weighted by molar-refractivity contribution is 0.0942. The van der Waals surface area contributed by atoms with Crippen LogP contribution in [0.1, 0.15) is 44.9 Å². The van der Waals surface area contributed by atoms with Gasteiger partial charge in [0.15, 0.2) is 0 Å². The van der Waals surface area contributed by atoms with Crippen molar-refractivity contribution in [2.45, 2.75) is 46.2 Å². The first-order valence-electron chi connectivity index (χ1n) is 7.49. The van der Waals surface area contributed by atoms with Gasteiger partial charge < -0.3 is 10.1 Å². The predicted octanol–water partition coefficient (Wildman–Crippen LogP) is 3.38. The average molecular weight is 278 g/mol. The second kappa shape index (κ2) is 7.09. The minimum Gasteiger partial charge on any atom is -0.497 e. The number of ether oxygens (including phenoxy) is 1. The summed E-state index contributed by atoms with van der Waals surface area (Å²) in [5.74, 6) is 0.918. The molecule has 0 fully saturated rings. The van der Waals surface area contributed by atoms with E-state index in [1.165, 1.54) is 11.1 Å². The van der Waals surface area contributed by atoms with E-state index in [1.54, 1.807) is 7.11 Å². The zero-order valence-electron chi connectivity index (χ0n) is 14.1. The molecule has 114 valence electrons. The summed E-state index contributed by atoms with van der Waals surface area (Å²) in [7, 11) is 3.75. The Morgan fingerprint density at radius 2 is 1.85 bits per heavy atom. The van der Waals surface area contributed by atoms with Crippen LogP contribution in [-0.2, 0) is 0 Å². The highest BCUT2D eigenvalue weighted by Crippen LogP contribution is 2.33. The SMILES string of the molecule is CCN(CC)C(C)(C)C(NC)c1ccc(OC)cc1C. The van der Waals surface area contributed by atoms with Gasteiger partial charge in [0.25, 0.3) is 0 Å². The van der Waals surface area contributed by atoms with E-state index >= 15 is 0 Å². The Kier molecular flexibility index (Phi) is 6.03. The standard InChI is InChI=1S/C17H30N2O/c1-8-19(9-2)17(4,5)16(18-6)15-11-10-14(20-7)12-13(15)3/h10-12,16,18H,8-9H2,1-7H3. The number of rotatable bonds is 7. The molecule has 0 aliphatic heterocycles. The lowest BCUT2D eigenvalue weighted by atomic mass is 9.85. The van der Waals surface area contributed by atoms with Gasteiger partial charge >= 0.3 is 0 Å². The molecule has 1 aromatic rings. The molecule has 1 N–H and O–H groups in total. The Balaban J connectivity index is 3.18. The van der Waals surface area contributed by atoms with Gasteiger partial charge in [-0.15, -0.1) is 0 Å². The van der Waals surface area contributed by atoms with Crippen molar-refractivity contribution in [2.75, 3.05) is 27.2 Å². The number of hydrogen-bond donors (Lipinski definition) is 1. The number of hydrogen-bond acceptors (Lipinski definition) is 3. The first kappa shape index (κ1) is 17.0. The Bertz CT molecular complexity index is 425. The molecule has 0 bridgehead atoms. The Morgan fingerprint density at radius 3 is 2.25 bits per heavy atom. The summed E-state index contributed by atoms with van der Waals surface area (Å²) in [5.41, 5.74) is 2.66. The monoisotopic (exact) mass is 278 g/mol. The highest BCUT2D eigenvalue weighted by Gasteiger charge is 2.34. The molecule has 1 rings (SSSR count). The predicted molar refractivity (Wildman–Crippen MR) is 86.5 cm³/mol. The molecule has 0 amide bonds. The van der Waals surface area contributed by atoms with Gasteiger partial charge in [-0.2, -0.15) is 0 Å². The fraction of sp³-hybridized carbons (Fsp3) is 0.647. The molecule has 3 heteroatoms. The second-order valence-electron chi connectivity index (χ2n) is 5.77. The lowest BCUT2D eigenvalue weighted by Crippen LogP contribution is -2.52. The molecule has 0 heterocycles. The second-order valence-corrected chi connectivity index (χ2v) is 5.77. The van der Waals surface area contributed by atoms with Crippen LogP contribution in [0.25, 0.3) is 0 Å². The van der Waals surface area contributed by atoms with Crippen LogP contribution >= 0.6 is 0 Å². The summed E-state index contributed by atoms with van der Waals surface area (Å²) >= 11 is 0. The van der Waals surface area contributed by atoms with Crippen molar-refractivity contribution in [3.63, 3.8) is 0 Å². The third-order valence-electron chi connectivity index (χ3n) is 4.36. The minimum atomic E-state index is 0.0532. The number of nitrogens with zero attached hydrogens (tertiary/aromatic N) is 1. The normalized spacial score (nSPS) is 13.6. The van der Waals surface area contributed by atoms with Crippen LogP contribution < -0.4 is 10.1 Å². The highest BCUT2D eigenvalue weighted by molar-refractivity contribution is 5.38. The molecule has 1 atom stereocenters. The molecule has 0 radical (unpaired) electrons. The third-order valence-corrected chi connectivity index (χ3v) is 4.36. The van der Waals surface area contributed by atoms with E-state index in [9.17, 15) is 0 Å². The zero-order valence-corrected chi connectivity index (χ0v) is 14.1. The summed E-state index contributed by atoms with van der Waals surface area (Å²) in [6.45, 7) is 13.3. The largest absolute Gasteiger partial charge is 0.497 e. The minimum absolute atomic E-state index is 0.0532. The van der Waals surface area contributed by atoms with Crippen LogP contribution in [-0.4, -0.2) is 37.7 Å². The van der Waals surface area contributed by atoms with Gasteiger partial charge in [0.2, 0.25) is 0 Å². The average Bonchev–Trinajstić information content (AvgIpc) is 2.42. The molecule has 0 saturated heterocycles. The fourth-order valence-electron chi connectivity index (χ4n) is 3.21. The van der Waals surface area contributed by atoms with E-state index in [4.69, 9.17) is 4.74 Å². The number of benzene rings is 1. The molecule has 20 heavy (non-hydrogen) atoms. The molecule has 0 spiro atoms. The molecule has 3 nitrogen and oxygen atoms in total. The molecule has 1 aromatic carbocycles. The highest BCUT2D eigenvalue weighted by atomic mass is 16.5. The van der Waals surface area contributed by atoms with Crippen molar-refractivity contribution in [1.82, 2.24) is 10.2 Å². The Morgan fingerprint density at radius 1 is 1.25 bits per heavy atom. The Labute approximate surface area is 124 Å². The summed E-state index contributed by atoms with van der Waals surface area (Å²) in [6.07, 6.45) is 0. The van der Waals surface area contributed by atoms with Crippen LogP contribution in [0.2, 0.25) is 0 Å². The summed E-state index contributed by atoms with van der Waals surface area (Å²) < 4.78 is 5.31. The van der Waals surface area contributed by atoms with E-state index in [0.717, 1.165) is 18.8 Å². The first-order chi connectivity index (χ1) is 9.42. The van der Waals surface area contributed by atoms with Gasteiger partial charge in [-0.1, -0.05) is 19.9 Å². The van der Waals surface area contributed by atoms with Crippen molar-refractivity contribution >= 4 is 0 Å². The van der Waals surface area contributed by atoms with Crippen LogP contribution in [0, 0.1) is 6.92 Å². The van der Waals surface area contributed by atoms with Gasteiger partial charge in [-0.3, -0.25) is 4.90 Å². The van der Waals surface area contributed by atoms with Crippen molar-refractivity contribution in [2.24, 2.45) is 0 Å². The quantitative estimate of drug-likeness (QED) is 0.827. The van der Waals surface area contributed by atoms with E-state index in [2.05, 4.69) is 57.0 Å². The van der Waals surface area contributed by atoms with Crippen LogP contribution in [0.15, 0.2) is 18.2 Å². The first-order valence-corrected chi connectivity index (χ1v) is 7.49. The Hall–Kier alpha value is -1.06. The van der Waals surface area contributed by atoms with Crippen molar-refractivity contribution < 1.29 is 4.74 Å². The molecule has 0 aromatic heterocycles. The van der Waals surface area contributed by atoms with Crippen molar-refractivity contribution in [3.8, 4) is 5.75 Å². The van der Waals surface area contributed by atoms with Crippen molar-refractivity contribution in [3.05, 3.63) is 29.3 Å². The van der Waals surface area contributed by atoms with Gasteiger partial charge in [0.1, 0.15) is 5.75 Å². The molecule has 0 aliphatic rings. The molecular weight excluding hydrogens is 248 g/mol. The summed E-state index contributed by atoms with van der Waals surface area (Å²) in [4.78, 5) is 2.50. The maximum absolute atomic E-state index is 5.31. The molecule has 0 aliphatic carbocycles. The molecular formula is C17H30N2O. The number of likely N-dealkylation sites (N-methyl/N-ethyl adjacent to an activating group) is 2. The topological polar surface area (TPSA) is 24.5 Å². The number of nitrogens with one attached hydrogen (secondary N) is 1. The number of aryl methyl sites for hydroxylation is 1. The van der Waals surface area contributed by atoms with Crippen molar-refractivity contribution in [1.29, 1.82) is 0 Å². The van der Waals surface area contributed by atoms with Crippen LogP contribution in [0.3, 0.4) is 0 Å². The summed E-state index contributed by atoms with van der Waals surface area (Å²) in [5, 5.41) is 3.50. The van der Waals surface area contributed by atoms with Crippen LogP contribution in [0.4, 0.5) is 0 Å². The van der Waals surface area contributed by atoms with E-state index < -0.39 is 0 Å². The van der Waals surface area contributed by atoms with E-state index in [0.29, 0.717) is 0 Å². The van der Waals surface area contributed by atoms with Crippen LogP contribution in [0.5, 0.6) is 5.75 Å².